The van der Waals surface area contributed by atoms with Crippen LogP contribution in [-0.2, 0) is 0 Å². The highest BCUT2D eigenvalue weighted by molar-refractivity contribution is 4.83. The normalized spacial score (nSPS) is 23.8. The molecule has 0 bridgehead atoms. The third-order valence-electron chi connectivity index (χ3n) is 2.75. The maximum absolute atomic E-state index is 9.72. The quantitative estimate of drug-likeness (QED) is 0.616. The molecular weight excluding hydrogens is 136 g/mol. The lowest BCUT2D eigenvalue weighted by Crippen LogP contribution is -2.31. The van der Waals surface area contributed by atoms with Gasteiger partial charge in [0.05, 0.1) is 6.10 Å². The first-order valence-electron chi connectivity index (χ1n) is 4.54. The van der Waals surface area contributed by atoms with Gasteiger partial charge in [0.25, 0.3) is 0 Å². The molecule has 0 aromatic rings. The molecule has 0 spiro atoms. The van der Waals surface area contributed by atoms with E-state index in [0.717, 1.165) is 6.42 Å². The van der Waals surface area contributed by atoms with E-state index in [4.69, 9.17) is 0 Å². The topological polar surface area (TPSA) is 20.2 Å². The zero-order valence-corrected chi connectivity index (χ0v) is 7.29. The lowest BCUT2D eigenvalue weighted by atomic mass is 9.76. The number of aliphatic hydroxyl groups excluding tert-OH is 1. The van der Waals surface area contributed by atoms with Crippen molar-refractivity contribution in [3.8, 4) is 0 Å². The minimum atomic E-state index is -0.0817. The van der Waals surface area contributed by atoms with Crippen LogP contribution in [0.2, 0.25) is 0 Å². The Bertz CT molecular complexity index is 127. The molecular formula is C10H18O. The first-order chi connectivity index (χ1) is 5.25. The molecule has 1 rings (SSSR count). The van der Waals surface area contributed by atoms with E-state index in [1.807, 2.05) is 6.08 Å². The average molecular weight is 154 g/mol. The molecule has 0 saturated heterocycles. The molecule has 0 heterocycles. The zero-order chi connectivity index (χ0) is 8.27. The molecule has 0 radical (unpaired) electrons. The molecule has 1 N–H and O–H groups in total. The molecule has 1 nitrogen and oxygen atoms in total. The highest BCUT2D eigenvalue weighted by Gasteiger charge is 2.28. The Balaban J connectivity index is 2.26. The molecule has 1 saturated carbocycles. The smallest absolute Gasteiger partial charge is 0.0596 e. The fourth-order valence-electron chi connectivity index (χ4n) is 1.65. The van der Waals surface area contributed by atoms with Crippen LogP contribution in [0.15, 0.2) is 12.7 Å². The van der Waals surface area contributed by atoms with Crippen molar-refractivity contribution in [3.63, 3.8) is 0 Å². The third kappa shape index (κ3) is 2.06. The first kappa shape index (κ1) is 8.79. The van der Waals surface area contributed by atoms with Gasteiger partial charge in [0, 0.05) is 0 Å². The van der Waals surface area contributed by atoms with Crippen molar-refractivity contribution in [2.24, 2.45) is 11.8 Å². The second-order valence-electron chi connectivity index (χ2n) is 3.68. The fourth-order valence-corrected chi connectivity index (χ4v) is 1.65. The molecule has 0 aliphatic heterocycles. The Morgan fingerprint density at radius 1 is 1.64 bits per heavy atom. The predicted octanol–water partition coefficient (Wildman–Crippen LogP) is 2.36. The second-order valence-corrected chi connectivity index (χ2v) is 3.68. The van der Waals surface area contributed by atoms with Crippen LogP contribution < -0.4 is 0 Å². The molecule has 0 aromatic carbocycles. The van der Waals surface area contributed by atoms with E-state index in [1.54, 1.807) is 0 Å². The van der Waals surface area contributed by atoms with Crippen molar-refractivity contribution in [1.29, 1.82) is 0 Å². The van der Waals surface area contributed by atoms with Gasteiger partial charge in [-0.1, -0.05) is 19.4 Å². The Hall–Kier alpha value is -0.300. The van der Waals surface area contributed by atoms with E-state index in [2.05, 4.69) is 13.5 Å². The summed E-state index contributed by atoms with van der Waals surface area (Å²) in [5.41, 5.74) is 0. The number of allylic oxidation sites excluding steroid dienone is 1. The van der Waals surface area contributed by atoms with Gasteiger partial charge in [-0.15, -0.1) is 6.58 Å². The van der Waals surface area contributed by atoms with E-state index in [1.165, 1.54) is 19.3 Å². The molecule has 0 aromatic heterocycles. The van der Waals surface area contributed by atoms with Gasteiger partial charge in [0.15, 0.2) is 0 Å². The first-order valence-corrected chi connectivity index (χ1v) is 4.54. The molecule has 0 amide bonds. The second kappa shape index (κ2) is 3.91. The van der Waals surface area contributed by atoms with Gasteiger partial charge in [-0.3, -0.25) is 0 Å². The molecule has 0 unspecified atom stereocenters. The fraction of sp³-hybridized carbons (Fsp3) is 0.800. The number of hydrogen-bond acceptors (Lipinski definition) is 1. The number of hydrogen-bond donors (Lipinski definition) is 1. The summed E-state index contributed by atoms with van der Waals surface area (Å²) in [6, 6.07) is 0. The van der Waals surface area contributed by atoms with Crippen molar-refractivity contribution in [1.82, 2.24) is 0 Å². The summed E-state index contributed by atoms with van der Waals surface area (Å²) < 4.78 is 0. The summed E-state index contributed by atoms with van der Waals surface area (Å²) >= 11 is 0. The van der Waals surface area contributed by atoms with Crippen LogP contribution in [0.5, 0.6) is 0 Å². The van der Waals surface area contributed by atoms with Crippen molar-refractivity contribution in [2.75, 3.05) is 0 Å². The minimum Gasteiger partial charge on any atom is -0.393 e. The maximum atomic E-state index is 9.72. The van der Waals surface area contributed by atoms with Gasteiger partial charge in [-0.25, -0.2) is 0 Å². The van der Waals surface area contributed by atoms with E-state index in [0.29, 0.717) is 11.8 Å². The Morgan fingerprint density at radius 3 is 2.64 bits per heavy atom. The lowest BCUT2D eigenvalue weighted by molar-refractivity contribution is 0.0218. The van der Waals surface area contributed by atoms with Gasteiger partial charge in [0.2, 0.25) is 0 Å². The molecule has 2 atom stereocenters. The van der Waals surface area contributed by atoms with Crippen LogP contribution in [-0.4, -0.2) is 11.2 Å². The molecule has 64 valence electrons. The maximum Gasteiger partial charge on any atom is 0.0596 e. The third-order valence-corrected chi connectivity index (χ3v) is 2.75. The summed E-state index contributed by atoms with van der Waals surface area (Å²) in [5, 5.41) is 9.72. The molecule has 1 aliphatic rings. The van der Waals surface area contributed by atoms with Gasteiger partial charge in [0.1, 0.15) is 0 Å². The van der Waals surface area contributed by atoms with Gasteiger partial charge in [-0.05, 0) is 31.1 Å². The molecule has 1 aliphatic carbocycles. The SMILES string of the molecule is C=CC[C@H](C)[C@H](O)C1CCC1. The molecule has 1 fully saturated rings. The van der Waals surface area contributed by atoms with Crippen molar-refractivity contribution >= 4 is 0 Å². The van der Waals surface area contributed by atoms with Crippen LogP contribution in [0.1, 0.15) is 32.6 Å². The lowest BCUT2D eigenvalue weighted by Gasteiger charge is -2.33. The van der Waals surface area contributed by atoms with Gasteiger partial charge < -0.3 is 5.11 Å². The van der Waals surface area contributed by atoms with Crippen LogP contribution in [0, 0.1) is 11.8 Å². The summed E-state index contributed by atoms with van der Waals surface area (Å²) in [6.07, 6.45) is 6.51. The van der Waals surface area contributed by atoms with E-state index in [-0.39, 0.29) is 6.10 Å². The minimum absolute atomic E-state index is 0.0817. The van der Waals surface area contributed by atoms with E-state index < -0.39 is 0 Å². The Morgan fingerprint density at radius 2 is 2.27 bits per heavy atom. The van der Waals surface area contributed by atoms with Crippen molar-refractivity contribution < 1.29 is 5.11 Å². The highest BCUT2D eigenvalue weighted by Crippen LogP contribution is 2.33. The Kier molecular flexibility index (Phi) is 3.13. The standard InChI is InChI=1S/C10H18O/c1-3-5-8(2)10(11)9-6-4-7-9/h3,8-11H,1,4-7H2,2H3/t8-,10-/m0/s1. The number of aliphatic hydroxyl groups is 1. The van der Waals surface area contributed by atoms with Crippen molar-refractivity contribution in [2.45, 2.75) is 38.7 Å². The monoisotopic (exact) mass is 154 g/mol. The van der Waals surface area contributed by atoms with Crippen LogP contribution in [0.4, 0.5) is 0 Å². The highest BCUT2D eigenvalue weighted by atomic mass is 16.3. The Labute approximate surface area is 69.1 Å². The summed E-state index contributed by atoms with van der Waals surface area (Å²) in [5.74, 6) is 0.989. The van der Waals surface area contributed by atoms with Crippen LogP contribution >= 0.6 is 0 Å². The average Bonchev–Trinajstić information content (AvgIpc) is 1.84. The zero-order valence-electron chi connectivity index (χ0n) is 7.29. The summed E-state index contributed by atoms with van der Waals surface area (Å²) in [6.45, 7) is 5.78. The molecule has 11 heavy (non-hydrogen) atoms. The van der Waals surface area contributed by atoms with Gasteiger partial charge >= 0.3 is 0 Å². The van der Waals surface area contributed by atoms with Crippen molar-refractivity contribution in [3.05, 3.63) is 12.7 Å². The largest absolute Gasteiger partial charge is 0.393 e. The van der Waals surface area contributed by atoms with E-state index in [9.17, 15) is 5.11 Å². The van der Waals surface area contributed by atoms with Crippen LogP contribution in [0.3, 0.4) is 0 Å². The summed E-state index contributed by atoms with van der Waals surface area (Å²) in [7, 11) is 0. The van der Waals surface area contributed by atoms with Gasteiger partial charge in [-0.2, -0.15) is 0 Å². The molecule has 1 heteroatoms. The van der Waals surface area contributed by atoms with E-state index >= 15 is 0 Å². The van der Waals surface area contributed by atoms with Crippen LogP contribution in [0.25, 0.3) is 0 Å². The summed E-state index contributed by atoms with van der Waals surface area (Å²) in [4.78, 5) is 0. The predicted molar refractivity (Wildman–Crippen MR) is 47.3 cm³/mol. The number of rotatable bonds is 4.